The van der Waals surface area contributed by atoms with Crippen molar-refractivity contribution in [3.05, 3.63) is 68.5 Å². The molecule has 1 amide bonds. The molecular formula is C21H20ClN5O6. The maximum absolute atomic E-state index is 12.8. The van der Waals surface area contributed by atoms with Gasteiger partial charge >= 0.3 is 5.69 Å². The smallest absolute Gasteiger partial charge is 0.327 e. The molecule has 0 saturated heterocycles. The summed E-state index contributed by atoms with van der Waals surface area (Å²) < 4.78 is 17.0. The van der Waals surface area contributed by atoms with Gasteiger partial charge in [0.05, 0.1) is 49.4 Å². The summed E-state index contributed by atoms with van der Waals surface area (Å²) in [5.41, 5.74) is 3.15. The first-order valence-corrected chi connectivity index (χ1v) is 9.83. The van der Waals surface area contributed by atoms with Gasteiger partial charge in [-0.2, -0.15) is 10.2 Å². The zero-order valence-electron chi connectivity index (χ0n) is 18.2. The molecule has 172 valence electrons. The van der Waals surface area contributed by atoms with Crippen LogP contribution in [-0.4, -0.2) is 48.2 Å². The van der Waals surface area contributed by atoms with E-state index < -0.39 is 16.5 Å². The Labute approximate surface area is 193 Å². The molecule has 0 unspecified atom stereocenters. The molecule has 0 fully saturated rings. The largest absolute Gasteiger partial charge is 0.493 e. The SMILES string of the molecule is COc1cc(C(=O)NN=Cc2c(C)nn(-c3ccccc3)c2Cl)c([N+](=O)[O-])c(OC)c1OC. The molecule has 1 heterocycles. The van der Waals surface area contributed by atoms with Crippen molar-refractivity contribution in [3.8, 4) is 22.9 Å². The van der Waals surface area contributed by atoms with Crippen LogP contribution < -0.4 is 19.6 Å². The van der Waals surface area contributed by atoms with Crippen LogP contribution in [0.3, 0.4) is 0 Å². The molecular weight excluding hydrogens is 454 g/mol. The van der Waals surface area contributed by atoms with Crippen molar-refractivity contribution in [2.45, 2.75) is 6.92 Å². The van der Waals surface area contributed by atoms with E-state index in [1.165, 1.54) is 38.3 Å². The normalized spacial score (nSPS) is 10.8. The first-order valence-electron chi connectivity index (χ1n) is 9.45. The van der Waals surface area contributed by atoms with Crippen LogP contribution in [-0.2, 0) is 0 Å². The average molecular weight is 474 g/mol. The van der Waals surface area contributed by atoms with E-state index in [2.05, 4.69) is 15.6 Å². The van der Waals surface area contributed by atoms with Crippen molar-refractivity contribution in [2.24, 2.45) is 5.10 Å². The Morgan fingerprint density at radius 2 is 1.85 bits per heavy atom. The quantitative estimate of drug-likeness (QED) is 0.301. The summed E-state index contributed by atoms with van der Waals surface area (Å²) in [6.07, 6.45) is 1.31. The molecule has 3 rings (SSSR count). The van der Waals surface area contributed by atoms with E-state index in [0.29, 0.717) is 11.3 Å². The van der Waals surface area contributed by atoms with Gasteiger partial charge in [0.2, 0.25) is 11.5 Å². The number of para-hydroxylation sites is 1. The highest BCUT2D eigenvalue weighted by Crippen LogP contribution is 2.46. The molecule has 0 bridgehead atoms. The molecule has 0 aliphatic heterocycles. The third-order valence-electron chi connectivity index (χ3n) is 4.64. The van der Waals surface area contributed by atoms with Gasteiger partial charge in [-0.1, -0.05) is 29.8 Å². The van der Waals surface area contributed by atoms with E-state index in [4.69, 9.17) is 25.8 Å². The number of halogens is 1. The number of nitro benzene ring substituents is 1. The van der Waals surface area contributed by atoms with Gasteiger partial charge in [0, 0.05) is 6.07 Å². The van der Waals surface area contributed by atoms with Gasteiger partial charge in [-0.15, -0.1) is 0 Å². The molecule has 12 heteroatoms. The third kappa shape index (κ3) is 4.58. The second kappa shape index (κ2) is 10.0. The highest BCUT2D eigenvalue weighted by atomic mass is 35.5. The van der Waals surface area contributed by atoms with E-state index in [9.17, 15) is 14.9 Å². The predicted molar refractivity (Wildman–Crippen MR) is 121 cm³/mol. The Bertz CT molecular complexity index is 1230. The summed E-state index contributed by atoms with van der Waals surface area (Å²) in [5, 5.41) is 20.3. The average Bonchev–Trinajstić information content (AvgIpc) is 3.11. The van der Waals surface area contributed by atoms with E-state index in [1.807, 2.05) is 30.3 Å². The molecule has 2 aromatic carbocycles. The van der Waals surface area contributed by atoms with E-state index >= 15 is 0 Å². The minimum Gasteiger partial charge on any atom is -0.493 e. The summed E-state index contributed by atoms with van der Waals surface area (Å²) in [5.74, 6) is -1.04. The number of nitrogens with one attached hydrogen (secondary N) is 1. The molecule has 1 aromatic heterocycles. The van der Waals surface area contributed by atoms with Gasteiger partial charge in [-0.05, 0) is 19.1 Å². The number of hydrogen-bond acceptors (Lipinski definition) is 8. The second-order valence-electron chi connectivity index (χ2n) is 6.53. The van der Waals surface area contributed by atoms with Crippen LogP contribution in [0, 0.1) is 17.0 Å². The number of ether oxygens (including phenoxy) is 3. The fourth-order valence-electron chi connectivity index (χ4n) is 3.11. The highest BCUT2D eigenvalue weighted by Gasteiger charge is 2.32. The van der Waals surface area contributed by atoms with Crippen molar-refractivity contribution in [1.82, 2.24) is 15.2 Å². The molecule has 0 atom stereocenters. The molecule has 0 spiro atoms. The Morgan fingerprint density at radius 3 is 2.42 bits per heavy atom. The number of methoxy groups -OCH3 is 3. The zero-order valence-corrected chi connectivity index (χ0v) is 18.9. The Kier molecular flexibility index (Phi) is 7.13. The van der Waals surface area contributed by atoms with Crippen molar-refractivity contribution in [1.29, 1.82) is 0 Å². The monoisotopic (exact) mass is 473 g/mol. The zero-order chi connectivity index (χ0) is 24.1. The summed E-state index contributed by atoms with van der Waals surface area (Å²) >= 11 is 6.44. The third-order valence-corrected chi connectivity index (χ3v) is 5.00. The minimum atomic E-state index is -0.860. The van der Waals surface area contributed by atoms with Gasteiger partial charge in [-0.25, -0.2) is 10.1 Å². The van der Waals surface area contributed by atoms with Gasteiger partial charge in [0.25, 0.3) is 5.91 Å². The maximum atomic E-state index is 12.8. The molecule has 0 aliphatic rings. The Hall–Kier alpha value is -4.12. The molecule has 1 N–H and O–H groups in total. The lowest BCUT2D eigenvalue weighted by atomic mass is 10.1. The molecule has 11 nitrogen and oxygen atoms in total. The number of aromatic nitrogens is 2. The second-order valence-corrected chi connectivity index (χ2v) is 6.89. The lowest BCUT2D eigenvalue weighted by Gasteiger charge is -2.14. The molecule has 0 radical (unpaired) electrons. The number of benzene rings is 2. The predicted octanol–water partition coefficient (Wildman–Crippen LogP) is 3.53. The van der Waals surface area contributed by atoms with Crippen LogP contribution in [0.25, 0.3) is 5.69 Å². The van der Waals surface area contributed by atoms with Crippen LogP contribution in [0.2, 0.25) is 5.15 Å². The maximum Gasteiger partial charge on any atom is 0.327 e. The number of hydrazone groups is 1. The molecule has 0 aliphatic carbocycles. The van der Waals surface area contributed by atoms with Crippen LogP contribution in [0.1, 0.15) is 21.6 Å². The van der Waals surface area contributed by atoms with Gasteiger partial charge in [0.15, 0.2) is 5.75 Å². The Morgan fingerprint density at radius 1 is 1.18 bits per heavy atom. The number of rotatable bonds is 8. The first-order chi connectivity index (χ1) is 15.8. The Balaban J connectivity index is 1.93. The summed E-state index contributed by atoms with van der Waals surface area (Å²) in [6.45, 7) is 1.73. The fraction of sp³-hybridized carbons (Fsp3) is 0.190. The van der Waals surface area contributed by atoms with Crippen molar-refractivity contribution in [3.63, 3.8) is 0 Å². The van der Waals surface area contributed by atoms with Gasteiger partial charge in [-0.3, -0.25) is 14.9 Å². The number of hydrogen-bond donors (Lipinski definition) is 1. The van der Waals surface area contributed by atoms with Gasteiger partial charge < -0.3 is 14.2 Å². The molecule has 33 heavy (non-hydrogen) atoms. The lowest BCUT2D eigenvalue weighted by molar-refractivity contribution is -0.386. The number of carbonyl (C=O) groups is 1. The number of amides is 1. The summed E-state index contributed by atoms with van der Waals surface area (Å²) in [6, 6.07) is 10.4. The van der Waals surface area contributed by atoms with E-state index in [-0.39, 0.29) is 28.0 Å². The summed E-state index contributed by atoms with van der Waals surface area (Å²) in [4.78, 5) is 23.7. The van der Waals surface area contributed by atoms with Crippen molar-refractivity contribution < 1.29 is 23.9 Å². The van der Waals surface area contributed by atoms with Crippen molar-refractivity contribution >= 4 is 29.4 Å². The highest BCUT2D eigenvalue weighted by molar-refractivity contribution is 6.32. The number of nitro groups is 1. The summed E-state index contributed by atoms with van der Waals surface area (Å²) in [7, 11) is 3.85. The van der Waals surface area contributed by atoms with E-state index in [1.54, 1.807) is 6.92 Å². The minimum absolute atomic E-state index is 0.0116. The van der Waals surface area contributed by atoms with Crippen LogP contribution in [0.5, 0.6) is 17.2 Å². The number of nitrogens with zero attached hydrogens (tertiary/aromatic N) is 4. The van der Waals surface area contributed by atoms with Crippen LogP contribution in [0.4, 0.5) is 5.69 Å². The lowest BCUT2D eigenvalue weighted by Crippen LogP contribution is -2.20. The molecule has 3 aromatic rings. The van der Waals surface area contributed by atoms with Crippen LogP contribution in [0.15, 0.2) is 41.5 Å². The fourth-order valence-corrected chi connectivity index (χ4v) is 3.43. The van der Waals surface area contributed by atoms with Gasteiger partial charge in [0.1, 0.15) is 10.7 Å². The number of carbonyl (C=O) groups excluding carboxylic acids is 1. The van der Waals surface area contributed by atoms with Crippen molar-refractivity contribution in [2.75, 3.05) is 21.3 Å². The number of aryl methyl sites for hydroxylation is 1. The van der Waals surface area contributed by atoms with Crippen LogP contribution >= 0.6 is 11.6 Å². The standard InChI is InChI=1S/C21H20ClN5O6/c1-12-15(20(22)26(25-12)13-8-6-5-7-9-13)11-23-24-21(28)14-10-16(31-2)18(32-3)19(33-4)17(14)27(29)30/h5-11H,1-4H3,(H,24,28). The molecule has 0 saturated carbocycles. The van der Waals surface area contributed by atoms with E-state index in [0.717, 1.165) is 5.69 Å². The first kappa shape index (κ1) is 23.5. The topological polar surface area (TPSA) is 130 Å².